The molecule has 0 amide bonds. The van der Waals surface area contributed by atoms with E-state index < -0.39 is 0 Å². The molecule has 2 nitrogen and oxygen atoms in total. The van der Waals surface area contributed by atoms with E-state index in [4.69, 9.17) is 9.47 Å². The lowest BCUT2D eigenvalue weighted by Gasteiger charge is -2.15. The average Bonchev–Trinajstić information content (AvgIpc) is 2.78. The maximum Gasteiger partial charge on any atom is 0.127 e. The van der Waals surface area contributed by atoms with Gasteiger partial charge in [0, 0.05) is 11.1 Å². The highest BCUT2D eigenvalue weighted by molar-refractivity contribution is 5.75. The van der Waals surface area contributed by atoms with E-state index in [1.807, 2.05) is 72.8 Å². The molecule has 0 unspecified atom stereocenters. The van der Waals surface area contributed by atoms with E-state index in [0.29, 0.717) is 13.2 Å². The van der Waals surface area contributed by atoms with E-state index in [0.717, 1.165) is 33.8 Å². The molecule has 0 atom stereocenters. The topological polar surface area (TPSA) is 18.5 Å². The van der Waals surface area contributed by atoms with Gasteiger partial charge in [-0.15, -0.1) is 0 Å². The van der Waals surface area contributed by atoms with Crippen LogP contribution < -0.4 is 9.47 Å². The molecule has 0 N–H and O–H groups in total. The molecule has 4 aromatic carbocycles. The molecule has 0 bridgehead atoms. The number of para-hydroxylation sites is 2. The lowest BCUT2D eigenvalue weighted by molar-refractivity contribution is 0.303. The van der Waals surface area contributed by atoms with Crippen molar-refractivity contribution in [1.29, 1.82) is 0 Å². The third-order valence-corrected chi connectivity index (χ3v) is 4.54. The fraction of sp³-hybridized carbons (Fsp3) is 0.0769. The molecule has 28 heavy (non-hydrogen) atoms. The Morgan fingerprint density at radius 1 is 0.393 bits per heavy atom. The SMILES string of the molecule is c1ccc(COc2ccccc2-c2ccccc2OCc2ccccc2)cc1. The molecule has 2 heteroatoms. The summed E-state index contributed by atoms with van der Waals surface area (Å²) in [5.74, 6) is 1.70. The maximum atomic E-state index is 6.14. The van der Waals surface area contributed by atoms with E-state index in [9.17, 15) is 0 Å². The van der Waals surface area contributed by atoms with Gasteiger partial charge in [-0.25, -0.2) is 0 Å². The zero-order valence-electron chi connectivity index (χ0n) is 15.6. The van der Waals surface area contributed by atoms with Gasteiger partial charge in [-0.2, -0.15) is 0 Å². The van der Waals surface area contributed by atoms with Crippen molar-refractivity contribution in [3.05, 3.63) is 120 Å². The van der Waals surface area contributed by atoms with Crippen LogP contribution in [-0.2, 0) is 13.2 Å². The van der Waals surface area contributed by atoms with Crippen LogP contribution in [0.4, 0.5) is 0 Å². The fourth-order valence-corrected chi connectivity index (χ4v) is 3.10. The van der Waals surface area contributed by atoms with Crippen molar-refractivity contribution in [2.45, 2.75) is 13.2 Å². The van der Waals surface area contributed by atoms with E-state index in [2.05, 4.69) is 36.4 Å². The van der Waals surface area contributed by atoms with Crippen molar-refractivity contribution in [3.8, 4) is 22.6 Å². The highest BCUT2D eigenvalue weighted by Crippen LogP contribution is 2.36. The van der Waals surface area contributed by atoms with Crippen LogP contribution in [0.1, 0.15) is 11.1 Å². The van der Waals surface area contributed by atoms with E-state index >= 15 is 0 Å². The summed E-state index contributed by atoms with van der Waals surface area (Å²) in [5.41, 5.74) is 4.35. The minimum absolute atomic E-state index is 0.533. The zero-order chi connectivity index (χ0) is 19.0. The molecule has 0 saturated carbocycles. The maximum absolute atomic E-state index is 6.14. The Bertz CT molecular complexity index is 926. The second-order valence-electron chi connectivity index (χ2n) is 6.54. The number of benzene rings is 4. The van der Waals surface area contributed by atoms with Gasteiger partial charge in [-0.3, -0.25) is 0 Å². The van der Waals surface area contributed by atoms with E-state index in [1.54, 1.807) is 0 Å². The van der Waals surface area contributed by atoms with Crippen LogP contribution >= 0.6 is 0 Å². The van der Waals surface area contributed by atoms with Crippen LogP contribution in [0.15, 0.2) is 109 Å². The largest absolute Gasteiger partial charge is 0.488 e. The van der Waals surface area contributed by atoms with Crippen molar-refractivity contribution >= 4 is 0 Å². The first kappa shape index (κ1) is 17.9. The van der Waals surface area contributed by atoms with Crippen LogP contribution in [0, 0.1) is 0 Å². The Morgan fingerprint density at radius 2 is 0.750 bits per heavy atom. The van der Waals surface area contributed by atoms with Gasteiger partial charge in [-0.1, -0.05) is 97.1 Å². The highest BCUT2D eigenvalue weighted by atomic mass is 16.5. The summed E-state index contributed by atoms with van der Waals surface area (Å²) < 4.78 is 12.3. The zero-order valence-corrected chi connectivity index (χ0v) is 15.6. The molecular weight excluding hydrogens is 344 g/mol. The first-order chi connectivity index (χ1) is 13.9. The molecular formula is C26H22O2. The minimum Gasteiger partial charge on any atom is -0.488 e. The summed E-state index contributed by atoms with van der Waals surface area (Å²) in [6, 6.07) is 36.6. The van der Waals surface area contributed by atoms with Crippen LogP contribution in [0.5, 0.6) is 11.5 Å². The van der Waals surface area contributed by atoms with Gasteiger partial charge in [0.15, 0.2) is 0 Å². The summed E-state index contributed by atoms with van der Waals surface area (Å²) in [4.78, 5) is 0. The number of hydrogen-bond acceptors (Lipinski definition) is 2. The number of ether oxygens (including phenoxy) is 2. The normalized spacial score (nSPS) is 10.4. The van der Waals surface area contributed by atoms with Gasteiger partial charge in [0.2, 0.25) is 0 Å². The minimum atomic E-state index is 0.533. The van der Waals surface area contributed by atoms with E-state index in [-0.39, 0.29) is 0 Å². The van der Waals surface area contributed by atoms with Gasteiger partial charge in [0.05, 0.1) is 0 Å². The van der Waals surface area contributed by atoms with Gasteiger partial charge < -0.3 is 9.47 Å². The van der Waals surface area contributed by atoms with Crippen LogP contribution in [-0.4, -0.2) is 0 Å². The molecule has 0 heterocycles. The molecule has 0 spiro atoms. The number of rotatable bonds is 7. The molecule has 0 aliphatic rings. The monoisotopic (exact) mass is 366 g/mol. The first-order valence-electron chi connectivity index (χ1n) is 9.42. The quantitative estimate of drug-likeness (QED) is 0.371. The Balaban J connectivity index is 1.57. The number of hydrogen-bond donors (Lipinski definition) is 0. The van der Waals surface area contributed by atoms with Gasteiger partial charge in [-0.05, 0) is 23.3 Å². The smallest absolute Gasteiger partial charge is 0.127 e. The highest BCUT2D eigenvalue weighted by Gasteiger charge is 2.11. The molecule has 0 aliphatic carbocycles. The summed E-state index contributed by atoms with van der Waals surface area (Å²) in [7, 11) is 0. The molecule has 0 aliphatic heterocycles. The van der Waals surface area contributed by atoms with Crippen molar-refractivity contribution < 1.29 is 9.47 Å². The van der Waals surface area contributed by atoms with Crippen molar-refractivity contribution in [3.63, 3.8) is 0 Å². The lowest BCUT2D eigenvalue weighted by Crippen LogP contribution is -1.99. The molecule has 0 saturated heterocycles. The summed E-state index contributed by atoms with van der Waals surface area (Å²) >= 11 is 0. The van der Waals surface area contributed by atoms with Gasteiger partial charge >= 0.3 is 0 Å². The summed E-state index contributed by atoms with van der Waals surface area (Å²) in [6.45, 7) is 1.07. The molecule has 0 radical (unpaired) electrons. The van der Waals surface area contributed by atoms with Crippen molar-refractivity contribution in [2.75, 3.05) is 0 Å². The van der Waals surface area contributed by atoms with Crippen LogP contribution in [0.25, 0.3) is 11.1 Å². The fourth-order valence-electron chi connectivity index (χ4n) is 3.10. The Hall–Kier alpha value is -3.52. The van der Waals surface area contributed by atoms with Crippen LogP contribution in [0.3, 0.4) is 0 Å². The molecule has 4 rings (SSSR count). The average molecular weight is 366 g/mol. The predicted octanol–water partition coefficient (Wildman–Crippen LogP) is 6.51. The Kier molecular flexibility index (Phi) is 5.69. The summed E-state index contributed by atoms with van der Waals surface area (Å²) in [6.07, 6.45) is 0. The Morgan fingerprint density at radius 3 is 1.18 bits per heavy atom. The lowest BCUT2D eigenvalue weighted by atomic mass is 10.0. The molecule has 138 valence electrons. The van der Waals surface area contributed by atoms with Gasteiger partial charge in [0.25, 0.3) is 0 Å². The second-order valence-corrected chi connectivity index (χ2v) is 6.54. The van der Waals surface area contributed by atoms with Crippen molar-refractivity contribution in [1.82, 2.24) is 0 Å². The first-order valence-corrected chi connectivity index (χ1v) is 9.42. The van der Waals surface area contributed by atoms with Gasteiger partial charge in [0.1, 0.15) is 24.7 Å². The second kappa shape index (κ2) is 8.92. The molecule has 4 aromatic rings. The predicted molar refractivity (Wildman–Crippen MR) is 113 cm³/mol. The molecule has 0 aromatic heterocycles. The third-order valence-electron chi connectivity index (χ3n) is 4.54. The Labute approximate surface area is 166 Å². The van der Waals surface area contributed by atoms with Crippen molar-refractivity contribution in [2.24, 2.45) is 0 Å². The third kappa shape index (κ3) is 4.41. The molecule has 0 fully saturated rings. The summed E-state index contributed by atoms with van der Waals surface area (Å²) in [5, 5.41) is 0. The standard InChI is InChI=1S/C26H22O2/c1-3-11-21(12-4-1)19-27-25-17-9-7-15-23(25)24-16-8-10-18-26(24)28-20-22-13-5-2-6-14-22/h1-18H,19-20H2. The van der Waals surface area contributed by atoms with E-state index in [1.165, 1.54) is 0 Å². The van der Waals surface area contributed by atoms with Crippen LogP contribution in [0.2, 0.25) is 0 Å².